The van der Waals surface area contributed by atoms with E-state index in [2.05, 4.69) is 22.1 Å². The summed E-state index contributed by atoms with van der Waals surface area (Å²) < 4.78 is 125. The van der Waals surface area contributed by atoms with Crippen molar-refractivity contribution in [1.82, 2.24) is 9.97 Å². The number of furan rings is 2. The Balaban J connectivity index is 0.000000199. The first kappa shape index (κ1) is 26.9. The Morgan fingerprint density at radius 2 is 1.23 bits per heavy atom. The predicted octanol–water partition coefficient (Wildman–Crippen LogP) is 15.1. The van der Waals surface area contributed by atoms with E-state index in [1.165, 1.54) is 24.4 Å². The van der Waals surface area contributed by atoms with Crippen molar-refractivity contribution < 1.29 is 48.1 Å². The Kier molecular flexibility index (Phi) is 7.38. The van der Waals surface area contributed by atoms with Crippen molar-refractivity contribution in [3.63, 3.8) is 0 Å². The van der Waals surface area contributed by atoms with E-state index in [1.807, 2.05) is 97.1 Å². The van der Waals surface area contributed by atoms with Crippen LogP contribution in [0.25, 0.3) is 88.6 Å². The van der Waals surface area contributed by atoms with Crippen molar-refractivity contribution in [3.05, 3.63) is 180 Å². The minimum atomic E-state index is -2.64. The number of hydrogen-bond donors (Lipinski definition) is 0. The van der Waals surface area contributed by atoms with Crippen molar-refractivity contribution in [2.75, 3.05) is 0 Å². The van der Waals surface area contributed by atoms with Gasteiger partial charge in [0.05, 0.1) is 5.58 Å². The second kappa shape index (κ2) is 16.5. The third-order valence-electron chi connectivity index (χ3n) is 10.0. The first-order valence-corrected chi connectivity index (χ1v) is 19.1. The van der Waals surface area contributed by atoms with Crippen LogP contribution in [-0.2, 0) is 26.5 Å². The molecular weight excluding hydrogens is 913 g/mol. The molecule has 4 nitrogen and oxygen atoms in total. The van der Waals surface area contributed by atoms with Gasteiger partial charge >= 0.3 is 0 Å². The van der Waals surface area contributed by atoms with E-state index < -0.39 is 39.2 Å². The molecule has 6 aromatic carbocycles. The Morgan fingerprint density at radius 3 is 1.98 bits per heavy atom. The molecule has 0 fully saturated rings. The SMILES string of the molecule is [2H]C([2H])([2H])c1c[c-]c(-c2cc(C([2H])([2H])C(C)(C)C)c(C([2H])([2H])[2H])cn2)cc1-c1ccccc1.[2H]C([2H])([2H])c1cnc(-c2[c-]ccc3c2oc2c(-c4cccc5c4oc4ccccc45)cccc23)cc1C([2H])([2H])[2H].[Ir]. The minimum absolute atomic E-state index is 0. The fraction of sp³-hybridized carbons (Fsp3) is 0.164. The fourth-order valence-corrected chi connectivity index (χ4v) is 7.32. The van der Waals surface area contributed by atoms with Crippen molar-refractivity contribution in [1.29, 1.82) is 0 Å². The van der Waals surface area contributed by atoms with Gasteiger partial charge < -0.3 is 18.8 Å². The molecule has 0 saturated carbocycles. The van der Waals surface area contributed by atoms with Crippen LogP contribution in [0.3, 0.4) is 0 Å². The zero-order valence-electron chi connectivity index (χ0n) is 46.8. The van der Waals surface area contributed by atoms with Crippen LogP contribution in [0.2, 0.25) is 0 Å². The van der Waals surface area contributed by atoms with Crippen LogP contribution < -0.4 is 0 Å². The molecule has 5 heteroatoms. The summed E-state index contributed by atoms with van der Waals surface area (Å²) in [4.78, 5) is 8.64. The fourth-order valence-electron chi connectivity index (χ4n) is 7.32. The van der Waals surface area contributed by atoms with Crippen molar-refractivity contribution in [2.24, 2.45) is 5.41 Å². The van der Waals surface area contributed by atoms with Gasteiger partial charge in [-0.25, -0.2) is 0 Å². The molecule has 1 radical (unpaired) electrons. The number of aryl methyl sites for hydroxylation is 4. The van der Waals surface area contributed by atoms with Crippen LogP contribution >= 0.6 is 0 Å². The second-order valence-electron chi connectivity index (χ2n) is 15.3. The van der Waals surface area contributed by atoms with Gasteiger partial charge in [0.2, 0.25) is 0 Å². The number of fused-ring (bicyclic) bond motifs is 6. The molecule has 0 aliphatic carbocycles. The summed E-state index contributed by atoms with van der Waals surface area (Å²) in [5.41, 5.74) is 5.68. The Labute approximate surface area is 385 Å². The standard InChI is InChI=1S/C31H20NO2.C24H26N.Ir/c1-18-16-27(32-17-19(18)2)26-14-7-13-25-24-12-6-11-23(30(24)34-31(25)26)22-10-5-9-21-20-8-3-4-15-28(20)33-29(21)22;1-17-11-12-20(13-22(17)19-9-7-6-8-10-19)23-14-21(15-24(3,4)5)18(2)16-25-23;/h3-13,15-17H,1-2H3;6-11,13-14,16H,15H2,1-5H3;/q2*-1;/i1D3,2D3;1D3,2D3,15D2;. The third-order valence-corrected chi connectivity index (χ3v) is 10.0. The van der Waals surface area contributed by atoms with Crippen molar-refractivity contribution in [3.8, 4) is 44.8 Å². The summed E-state index contributed by atoms with van der Waals surface area (Å²) in [5, 5.41) is 3.71. The van der Waals surface area contributed by atoms with Gasteiger partial charge in [0.25, 0.3) is 0 Å². The Hall–Kier alpha value is -6.13. The maximum Gasteiger partial charge on any atom is 0.143 e. The summed E-state index contributed by atoms with van der Waals surface area (Å²) in [5.74, 6) is 0. The van der Waals surface area contributed by atoms with E-state index in [0.717, 1.165) is 50.0 Å². The Bertz CT molecular complexity index is 3720. The zero-order chi connectivity index (χ0) is 52.6. The van der Waals surface area contributed by atoms with Crippen LogP contribution in [-0.4, -0.2) is 9.97 Å². The van der Waals surface area contributed by atoms with Gasteiger partial charge in [-0.05, 0) is 66.5 Å². The summed E-state index contributed by atoms with van der Waals surface area (Å²) in [6.07, 6.45) is 0.345. The summed E-state index contributed by atoms with van der Waals surface area (Å²) in [6.45, 7) is -5.01. The molecule has 299 valence electrons. The summed E-state index contributed by atoms with van der Waals surface area (Å²) >= 11 is 0. The van der Waals surface area contributed by atoms with Gasteiger partial charge in [0.15, 0.2) is 0 Å². The van der Waals surface area contributed by atoms with Crippen LogP contribution in [0.1, 0.15) is 67.8 Å². The molecule has 0 unspecified atom stereocenters. The van der Waals surface area contributed by atoms with E-state index in [9.17, 15) is 0 Å². The first-order valence-electron chi connectivity index (χ1n) is 26.1. The molecule has 0 saturated heterocycles. The van der Waals surface area contributed by atoms with Gasteiger partial charge in [0, 0.05) is 79.0 Å². The van der Waals surface area contributed by atoms with Crippen molar-refractivity contribution in [2.45, 2.75) is 54.6 Å². The van der Waals surface area contributed by atoms with E-state index >= 15 is 0 Å². The number of para-hydroxylation sites is 3. The molecule has 0 bridgehead atoms. The molecule has 0 spiro atoms. The second-order valence-corrected chi connectivity index (χ2v) is 15.3. The first-order chi connectivity index (χ1) is 34.1. The molecule has 0 atom stereocenters. The topological polar surface area (TPSA) is 52.1 Å². The van der Waals surface area contributed by atoms with Crippen LogP contribution in [0.15, 0.2) is 149 Å². The van der Waals surface area contributed by atoms with Crippen molar-refractivity contribution >= 4 is 43.9 Å². The number of pyridine rings is 2. The normalized spacial score (nSPS) is 16.1. The molecule has 10 rings (SSSR count). The maximum atomic E-state index is 8.70. The van der Waals surface area contributed by atoms with Crippen LogP contribution in [0.4, 0.5) is 0 Å². The average Bonchev–Trinajstić information content (AvgIpc) is 3.92. The van der Waals surface area contributed by atoms with Gasteiger partial charge in [-0.3, -0.25) is 0 Å². The van der Waals surface area contributed by atoms with E-state index in [1.54, 1.807) is 32.9 Å². The van der Waals surface area contributed by atoms with Gasteiger partial charge in [-0.1, -0.05) is 152 Å². The third kappa shape index (κ3) is 7.84. The molecular formula is C55H46IrN2O2-2. The van der Waals surface area contributed by atoms with E-state index in [-0.39, 0.29) is 53.6 Å². The predicted molar refractivity (Wildman–Crippen MR) is 245 cm³/mol. The number of hydrogen-bond acceptors (Lipinski definition) is 4. The molecule has 10 aromatic rings. The molecule has 0 aliphatic rings. The molecule has 0 amide bonds. The number of nitrogens with zero attached hydrogens (tertiary/aromatic N) is 2. The Morgan fingerprint density at radius 1 is 0.583 bits per heavy atom. The molecule has 4 heterocycles. The van der Waals surface area contributed by atoms with Gasteiger partial charge in [-0.2, -0.15) is 0 Å². The molecule has 0 N–H and O–H groups in total. The largest absolute Gasteiger partial charge is 0.500 e. The minimum Gasteiger partial charge on any atom is -0.500 e. The number of rotatable bonds is 5. The summed E-state index contributed by atoms with van der Waals surface area (Å²) in [7, 11) is 0. The van der Waals surface area contributed by atoms with Crippen LogP contribution in [0.5, 0.6) is 0 Å². The van der Waals surface area contributed by atoms with E-state index in [0.29, 0.717) is 39.1 Å². The monoisotopic (exact) mass is 973 g/mol. The smallest absolute Gasteiger partial charge is 0.143 e. The van der Waals surface area contributed by atoms with Gasteiger partial charge in [0.1, 0.15) is 16.7 Å². The van der Waals surface area contributed by atoms with Gasteiger partial charge in [-0.15, -0.1) is 47.5 Å². The number of aromatic nitrogens is 2. The quantitative estimate of drug-likeness (QED) is 0.161. The van der Waals surface area contributed by atoms with Crippen LogP contribution in [0, 0.1) is 45.0 Å². The van der Waals surface area contributed by atoms with E-state index in [4.69, 9.17) is 28.0 Å². The molecule has 60 heavy (non-hydrogen) atoms. The molecule has 4 aromatic heterocycles. The number of benzene rings is 6. The zero-order valence-corrected chi connectivity index (χ0v) is 35.2. The molecule has 0 aliphatic heterocycles. The average molecular weight is 973 g/mol. The summed E-state index contributed by atoms with van der Waals surface area (Å²) in [6, 6.07) is 44.4. The maximum absolute atomic E-state index is 8.70.